The van der Waals surface area contributed by atoms with Gasteiger partial charge in [-0.25, -0.2) is 0 Å². The molecule has 0 amide bonds. The number of aromatic nitrogens is 1. The first-order chi connectivity index (χ1) is 10.7. The Morgan fingerprint density at radius 3 is 2.14 bits per heavy atom. The number of fused-ring (bicyclic) bond motifs is 3. The molecule has 4 heteroatoms. The third-order valence-corrected chi connectivity index (χ3v) is 3.86. The van der Waals surface area contributed by atoms with Crippen LogP contribution >= 0.6 is 0 Å². The summed E-state index contributed by atoms with van der Waals surface area (Å²) in [6, 6.07) is 17.6. The van der Waals surface area contributed by atoms with Crippen LogP contribution in [0.4, 0.5) is 0 Å². The van der Waals surface area contributed by atoms with Crippen LogP contribution in [0.5, 0.6) is 5.75 Å². The van der Waals surface area contributed by atoms with Crippen molar-refractivity contribution >= 4 is 21.8 Å². The lowest BCUT2D eigenvalue weighted by Gasteiger charge is -2.06. The van der Waals surface area contributed by atoms with Gasteiger partial charge in [-0.3, -0.25) is 4.79 Å². The molecule has 0 aliphatic rings. The highest BCUT2D eigenvalue weighted by atomic mass is 16.4. The van der Waals surface area contributed by atoms with Gasteiger partial charge in [0.25, 0.3) is 0 Å². The highest BCUT2D eigenvalue weighted by Crippen LogP contribution is 2.29. The number of rotatable bonds is 2. The zero-order chi connectivity index (χ0) is 15.1. The Morgan fingerprint density at radius 2 is 1.55 bits per heavy atom. The van der Waals surface area contributed by atoms with Crippen molar-refractivity contribution in [3.8, 4) is 5.75 Å². The Hall–Kier alpha value is -3.01. The third kappa shape index (κ3) is 1.89. The molecular formula is C18H13NO3. The van der Waals surface area contributed by atoms with Gasteiger partial charge in [-0.15, -0.1) is 0 Å². The van der Waals surface area contributed by atoms with E-state index >= 15 is 0 Å². The van der Waals surface area contributed by atoms with E-state index in [4.69, 9.17) is 4.42 Å². The topological polar surface area (TPSA) is 55.4 Å². The van der Waals surface area contributed by atoms with Gasteiger partial charge in [-0.1, -0.05) is 36.4 Å². The van der Waals surface area contributed by atoms with Crippen LogP contribution in [0.15, 0.2) is 70.1 Å². The van der Waals surface area contributed by atoms with Gasteiger partial charge in [0, 0.05) is 27.9 Å². The van der Waals surface area contributed by atoms with E-state index in [1.165, 1.54) is 16.8 Å². The number of aromatic hydroxyl groups is 1. The average molecular weight is 291 g/mol. The van der Waals surface area contributed by atoms with E-state index in [9.17, 15) is 9.90 Å². The van der Waals surface area contributed by atoms with Crippen molar-refractivity contribution in [1.29, 1.82) is 0 Å². The summed E-state index contributed by atoms with van der Waals surface area (Å²) >= 11 is 0. The second-order valence-electron chi connectivity index (χ2n) is 5.22. The van der Waals surface area contributed by atoms with Crippen LogP contribution in [0, 0.1) is 0 Å². The highest BCUT2D eigenvalue weighted by molar-refractivity contribution is 6.07. The molecule has 0 saturated carbocycles. The minimum atomic E-state index is -0.429. The maximum Gasteiger partial charge on any atom is 0.226 e. The summed E-state index contributed by atoms with van der Waals surface area (Å²) < 4.78 is 7.45. The summed E-state index contributed by atoms with van der Waals surface area (Å²) in [6.07, 6.45) is 1.09. The molecule has 0 aliphatic heterocycles. The van der Waals surface area contributed by atoms with E-state index < -0.39 is 5.43 Å². The predicted octanol–water partition coefficient (Wildman–Crippen LogP) is 3.50. The predicted molar refractivity (Wildman–Crippen MR) is 85.2 cm³/mol. The molecule has 0 fully saturated rings. The Kier molecular flexibility index (Phi) is 2.76. The molecule has 0 spiro atoms. The molecule has 22 heavy (non-hydrogen) atoms. The van der Waals surface area contributed by atoms with Crippen molar-refractivity contribution in [2.24, 2.45) is 0 Å². The van der Waals surface area contributed by atoms with E-state index in [2.05, 4.69) is 16.7 Å². The highest BCUT2D eigenvalue weighted by Gasteiger charge is 2.11. The van der Waals surface area contributed by atoms with Gasteiger partial charge in [-0.2, -0.15) is 0 Å². The second-order valence-corrected chi connectivity index (χ2v) is 5.22. The molecule has 0 unspecified atom stereocenters. The summed E-state index contributed by atoms with van der Waals surface area (Å²) in [7, 11) is 0. The van der Waals surface area contributed by atoms with E-state index in [1.807, 2.05) is 36.4 Å². The minimum absolute atomic E-state index is 0.369. The number of nitrogens with zero attached hydrogens (tertiary/aromatic N) is 1. The molecule has 108 valence electrons. The van der Waals surface area contributed by atoms with Crippen LogP contribution in [-0.2, 0) is 6.54 Å². The van der Waals surface area contributed by atoms with Gasteiger partial charge in [0.05, 0.1) is 6.54 Å². The normalized spacial score (nSPS) is 11.3. The van der Waals surface area contributed by atoms with Crippen molar-refractivity contribution < 1.29 is 9.52 Å². The maximum absolute atomic E-state index is 11.6. The van der Waals surface area contributed by atoms with Gasteiger partial charge in [0.1, 0.15) is 12.0 Å². The van der Waals surface area contributed by atoms with Gasteiger partial charge in [-0.05, 0) is 12.1 Å². The summed E-state index contributed by atoms with van der Waals surface area (Å²) in [6.45, 7) is 0.434. The largest absolute Gasteiger partial charge is 0.502 e. The third-order valence-electron chi connectivity index (χ3n) is 3.86. The first-order valence-electron chi connectivity index (χ1n) is 7.01. The molecule has 4 rings (SSSR count). The lowest BCUT2D eigenvalue weighted by molar-refractivity contribution is 0.410. The summed E-state index contributed by atoms with van der Waals surface area (Å²) in [4.78, 5) is 11.6. The standard InChI is InChI=1S/C18H13NO3/c20-17-9-12(22-11-18(17)21)10-19-15-7-3-1-5-13(15)14-6-2-4-8-16(14)19/h1-9,11,21H,10H2. The van der Waals surface area contributed by atoms with Crippen molar-refractivity contribution in [2.45, 2.75) is 6.54 Å². The van der Waals surface area contributed by atoms with E-state index in [0.29, 0.717) is 12.3 Å². The Labute approximate surface area is 125 Å². The van der Waals surface area contributed by atoms with E-state index in [1.54, 1.807) is 0 Å². The van der Waals surface area contributed by atoms with Crippen LogP contribution < -0.4 is 5.43 Å². The van der Waals surface area contributed by atoms with Crippen LogP contribution in [0.2, 0.25) is 0 Å². The Balaban J connectivity index is 1.96. The van der Waals surface area contributed by atoms with Crippen molar-refractivity contribution in [2.75, 3.05) is 0 Å². The summed E-state index contributed by atoms with van der Waals surface area (Å²) in [5, 5.41) is 11.6. The van der Waals surface area contributed by atoms with E-state index in [0.717, 1.165) is 17.3 Å². The van der Waals surface area contributed by atoms with Crippen LogP contribution in [0.1, 0.15) is 5.76 Å². The smallest absolute Gasteiger partial charge is 0.226 e. The number of hydrogen-bond donors (Lipinski definition) is 1. The molecule has 2 heterocycles. The monoisotopic (exact) mass is 291 g/mol. The lowest BCUT2D eigenvalue weighted by Crippen LogP contribution is -2.04. The van der Waals surface area contributed by atoms with Crippen molar-refractivity contribution in [3.63, 3.8) is 0 Å². The van der Waals surface area contributed by atoms with Gasteiger partial charge >= 0.3 is 0 Å². The number of benzene rings is 2. The van der Waals surface area contributed by atoms with Crippen LogP contribution in [0.3, 0.4) is 0 Å². The van der Waals surface area contributed by atoms with Gasteiger partial charge in [0.2, 0.25) is 5.43 Å². The summed E-state index contributed by atoms with van der Waals surface area (Å²) in [5.41, 5.74) is 1.74. The maximum atomic E-state index is 11.6. The zero-order valence-corrected chi connectivity index (χ0v) is 11.7. The molecule has 0 aliphatic carbocycles. The SMILES string of the molecule is O=c1cc(Cn2c3ccccc3c3ccccc32)occ1O. The zero-order valence-electron chi connectivity index (χ0n) is 11.7. The lowest BCUT2D eigenvalue weighted by atomic mass is 10.2. The summed E-state index contributed by atoms with van der Waals surface area (Å²) in [5.74, 6) is 0.139. The fourth-order valence-corrected chi connectivity index (χ4v) is 2.86. The van der Waals surface area contributed by atoms with Gasteiger partial charge in [0.15, 0.2) is 5.75 Å². The molecule has 4 aromatic rings. The van der Waals surface area contributed by atoms with Crippen LogP contribution in [-0.4, -0.2) is 9.67 Å². The van der Waals surface area contributed by atoms with Gasteiger partial charge < -0.3 is 14.1 Å². The van der Waals surface area contributed by atoms with E-state index in [-0.39, 0.29) is 5.75 Å². The molecule has 1 N–H and O–H groups in total. The molecule has 0 bridgehead atoms. The molecule has 0 radical (unpaired) electrons. The fraction of sp³-hybridized carbons (Fsp3) is 0.0556. The first kappa shape index (κ1) is 12.7. The van der Waals surface area contributed by atoms with Crippen molar-refractivity contribution in [1.82, 2.24) is 4.57 Å². The molecular weight excluding hydrogens is 278 g/mol. The number of hydrogen-bond acceptors (Lipinski definition) is 3. The fourth-order valence-electron chi connectivity index (χ4n) is 2.86. The first-order valence-corrected chi connectivity index (χ1v) is 7.01. The number of para-hydroxylation sites is 2. The van der Waals surface area contributed by atoms with Crippen molar-refractivity contribution in [3.05, 3.63) is 76.8 Å². The molecule has 0 saturated heterocycles. The molecule has 2 aromatic carbocycles. The Morgan fingerprint density at radius 1 is 0.955 bits per heavy atom. The van der Waals surface area contributed by atoms with Crippen LogP contribution in [0.25, 0.3) is 21.8 Å². The molecule has 4 nitrogen and oxygen atoms in total. The Bertz CT molecular complexity index is 990. The minimum Gasteiger partial charge on any atom is -0.502 e. The molecule has 2 aromatic heterocycles. The quantitative estimate of drug-likeness (QED) is 0.615. The second kappa shape index (κ2) is 4.77. The average Bonchev–Trinajstić information content (AvgIpc) is 2.86. The molecule has 0 atom stereocenters.